The first-order valence-corrected chi connectivity index (χ1v) is 7.88. The smallest absolute Gasteiger partial charge is 0.264 e. The van der Waals surface area contributed by atoms with E-state index in [9.17, 15) is 9.90 Å². The molecule has 1 saturated heterocycles. The molecule has 5 heteroatoms. The van der Waals surface area contributed by atoms with Gasteiger partial charge in [0.2, 0.25) is 0 Å². The van der Waals surface area contributed by atoms with Crippen LogP contribution in [0.3, 0.4) is 0 Å². The topological polar surface area (TPSA) is 43.8 Å². The Labute approximate surface area is 117 Å². The number of carbonyl (C=O) groups excluding carboxylic acids is 1. The third-order valence-electron chi connectivity index (χ3n) is 4.25. The molecule has 1 N–H and O–H groups in total. The first-order valence-electron chi connectivity index (χ1n) is 7.00. The summed E-state index contributed by atoms with van der Waals surface area (Å²) < 4.78 is 0. The Morgan fingerprint density at radius 2 is 2.05 bits per heavy atom. The van der Waals surface area contributed by atoms with Crippen molar-refractivity contribution in [2.75, 3.05) is 26.2 Å². The van der Waals surface area contributed by atoms with Gasteiger partial charge in [0.05, 0.1) is 11.0 Å². The lowest BCUT2D eigenvalue weighted by Gasteiger charge is -2.38. The maximum Gasteiger partial charge on any atom is 0.264 e. The Balaban J connectivity index is 1.56. The van der Waals surface area contributed by atoms with Crippen LogP contribution in [0.2, 0.25) is 0 Å². The van der Waals surface area contributed by atoms with Gasteiger partial charge in [0.1, 0.15) is 0 Å². The summed E-state index contributed by atoms with van der Waals surface area (Å²) in [4.78, 5) is 17.3. The van der Waals surface area contributed by atoms with E-state index < -0.39 is 0 Å². The molecule has 0 aromatic carbocycles. The van der Waals surface area contributed by atoms with Gasteiger partial charge >= 0.3 is 0 Å². The highest BCUT2D eigenvalue weighted by Gasteiger charge is 2.33. The van der Waals surface area contributed by atoms with Crippen molar-refractivity contribution in [3.8, 4) is 0 Å². The predicted octanol–water partition coefficient (Wildman–Crippen LogP) is 1.42. The van der Waals surface area contributed by atoms with E-state index >= 15 is 0 Å². The summed E-state index contributed by atoms with van der Waals surface area (Å²) in [5.41, 5.74) is 0. The van der Waals surface area contributed by atoms with Crippen LogP contribution in [0.25, 0.3) is 0 Å². The second-order valence-corrected chi connectivity index (χ2v) is 6.32. The van der Waals surface area contributed by atoms with E-state index in [2.05, 4.69) is 4.90 Å². The third-order valence-corrected chi connectivity index (χ3v) is 5.10. The maximum atomic E-state index is 12.2. The zero-order valence-corrected chi connectivity index (χ0v) is 11.8. The normalized spacial score (nSPS) is 28.8. The summed E-state index contributed by atoms with van der Waals surface area (Å²) in [5, 5.41) is 11.9. The average molecular weight is 280 g/mol. The first kappa shape index (κ1) is 13.1. The van der Waals surface area contributed by atoms with Crippen molar-refractivity contribution < 1.29 is 9.90 Å². The molecule has 2 fully saturated rings. The van der Waals surface area contributed by atoms with E-state index in [-0.39, 0.29) is 12.0 Å². The van der Waals surface area contributed by atoms with Crippen LogP contribution in [0.5, 0.6) is 0 Å². The van der Waals surface area contributed by atoms with Gasteiger partial charge in [-0.3, -0.25) is 9.69 Å². The van der Waals surface area contributed by atoms with Crippen LogP contribution < -0.4 is 0 Å². The fourth-order valence-electron chi connectivity index (χ4n) is 3.16. The molecular formula is C14H20N2O2S. The summed E-state index contributed by atoms with van der Waals surface area (Å²) in [7, 11) is 0. The number of hydrogen-bond donors (Lipinski definition) is 1. The van der Waals surface area contributed by atoms with Crippen LogP contribution in [0.1, 0.15) is 28.9 Å². The van der Waals surface area contributed by atoms with E-state index in [1.807, 2.05) is 22.4 Å². The average Bonchev–Trinajstić information content (AvgIpc) is 3.09. The molecule has 2 atom stereocenters. The number of rotatable bonds is 2. The second kappa shape index (κ2) is 5.61. The molecule has 4 nitrogen and oxygen atoms in total. The SMILES string of the molecule is O=C(c1cccs1)N1CCN([C@H]2CCC[C@H]2O)CC1. The van der Waals surface area contributed by atoms with Gasteiger partial charge in [-0.15, -0.1) is 11.3 Å². The van der Waals surface area contributed by atoms with E-state index in [4.69, 9.17) is 0 Å². The number of carbonyl (C=O) groups is 1. The zero-order chi connectivity index (χ0) is 13.2. The summed E-state index contributed by atoms with van der Waals surface area (Å²) in [6.07, 6.45) is 2.98. The van der Waals surface area contributed by atoms with Gasteiger partial charge < -0.3 is 10.0 Å². The zero-order valence-electron chi connectivity index (χ0n) is 11.0. The highest BCUT2D eigenvalue weighted by Crippen LogP contribution is 2.25. The molecule has 0 unspecified atom stereocenters. The standard InChI is InChI=1S/C14H20N2O2S/c17-12-4-1-3-11(12)15-6-8-16(9-7-15)14(18)13-5-2-10-19-13/h2,5,10-12,17H,1,3-4,6-9H2/t11-,12+/m0/s1. The van der Waals surface area contributed by atoms with Gasteiger partial charge in [0.25, 0.3) is 5.91 Å². The molecule has 2 heterocycles. The minimum atomic E-state index is -0.167. The number of aliphatic hydroxyl groups excluding tert-OH is 1. The number of aliphatic hydroxyl groups is 1. The van der Waals surface area contributed by atoms with Crippen molar-refractivity contribution in [1.29, 1.82) is 0 Å². The minimum Gasteiger partial charge on any atom is -0.391 e. The van der Waals surface area contributed by atoms with Gasteiger partial charge in [-0.25, -0.2) is 0 Å². The molecule has 104 valence electrons. The molecule has 19 heavy (non-hydrogen) atoms. The molecular weight excluding hydrogens is 260 g/mol. The Hall–Kier alpha value is -0.910. The predicted molar refractivity (Wildman–Crippen MR) is 75.4 cm³/mol. The van der Waals surface area contributed by atoms with Crippen molar-refractivity contribution in [2.45, 2.75) is 31.4 Å². The highest BCUT2D eigenvalue weighted by molar-refractivity contribution is 7.12. The molecule has 1 aliphatic heterocycles. The summed E-state index contributed by atoms with van der Waals surface area (Å²) in [5.74, 6) is 0.154. The van der Waals surface area contributed by atoms with Crippen molar-refractivity contribution in [1.82, 2.24) is 9.80 Å². The van der Waals surface area contributed by atoms with E-state index in [1.165, 1.54) is 11.3 Å². The van der Waals surface area contributed by atoms with Crippen LogP contribution in [-0.4, -0.2) is 59.1 Å². The molecule has 1 saturated carbocycles. The Kier molecular flexibility index (Phi) is 3.86. The molecule has 0 bridgehead atoms. The van der Waals surface area contributed by atoms with Crippen LogP contribution in [0, 0.1) is 0 Å². The molecule has 1 aromatic rings. The number of thiophene rings is 1. The Morgan fingerprint density at radius 3 is 2.63 bits per heavy atom. The molecule has 0 radical (unpaired) electrons. The summed E-state index contributed by atoms with van der Waals surface area (Å²) in [6, 6.07) is 4.13. The molecule has 1 aliphatic carbocycles. The van der Waals surface area contributed by atoms with Crippen LogP contribution in [0.4, 0.5) is 0 Å². The minimum absolute atomic E-state index is 0.154. The fourth-order valence-corrected chi connectivity index (χ4v) is 3.85. The highest BCUT2D eigenvalue weighted by atomic mass is 32.1. The molecule has 3 rings (SSSR count). The van der Waals surface area contributed by atoms with Crippen LogP contribution >= 0.6 is 11.3 Å². The second-order valence-electron chi connectivity index (χ2n) is 5.37. The Morgan fingerprint density at radius 1 is 1.26 bits per heavy atom. The molecule has 0 spiro atoms. The van der Waals surface area contributed by atoms with E-state index in [0.717, 1.165) is 50.3 Å². The van der Waals surface area contributed by atoms with Gasteiger partial charge in [-0.2, -0.15) is 0 Å². The number of hydrogen-bond acceptors (Lipinski definition) is 4. The van der Waals surface area contributed by atoms with Crippen molar-refractivity contribution >= 4 is 17.2 Å². The molecule has 1 aromatic heterocycles. The van der Waals surface area contributed by atoms with Crippen molar-refractivity contribution in [3.63, 3.8) is 0 Å². The van der Waals surface area contributed by atoms with Crippen molar-refractivity contribution in [3.05, 3.63) is 22.4 Å². The number of nitrogens with zero attached hydrogens (tertiary/aromatic N) is 2. The van der Waals surface area contributed by atoms with Gasteiger partial charge in [-0.1, -0.05) is 6.07 Å². The van der Waals surface area contributed by atoms with E-state index in [0.29, 0.717) is 6.04 Å². The molecule has 2 aliphatic rings. The lowest BCUT2D eigenvalue weighted by Crippen LogP contribution is -2.53. The fraction of sp³-hybridized carbons (Fsp3) is 0.643. The van der Waals surface area contributed by atoms with Crippen LogP contribution in [-0.2, 0) is 0 Å². The van der Waals surface area contributed by atoms with E-state index in [1.54, 1.807) is 0 Å². The van der Waals surface area contributed by atoms with Crippen molar-refractivity contribution in [2.24, 2.45) is 0 Å². The largest absolute Gasteiger partial charge is 0.391 e. The summed E-state index contributed by atoms with van der Waals surface area (Å²) >= 11 is 1.51. The van der Waals surface area contributed by atoms with Gasteiger partial charge in [0.15, 0.2) is 0 Å². The first-order chi connectivity index (χ1) is 9.25. The van der Waals surface area contributed by atoms with Gasteiger partial charge in [-0.05, 0) is 30.7 Å². The molecule has 1 amide bonds. The number of piperazine rings is 1. The maximum absolute atomic E-state index is 12.2. The quantitative estimate of drug-likeness (QED) is 0.891. The lowest BCUT2D eigenvalue weighted by molar-refractivity contribution is 0.0318. The number of amides is 1. The lowest BCUT2D eigenvalue weighted by atomic mass is 10.1. The monoisotopic (exact) mass is 280 g/mol. The Bertz CT molecular complexity index is 427. The summed E-state index contributed by atoms with van der Waals surface area (Å²) in [6.45, 7) is 3.33. The van der Waals surface area contributed by atoms with Gasteiger partial charge in [0, 0.05) is 32.2 Å². The van der Waals surface area contributed by atoms with Crippen LogP contribution in [0.15, 0.2) is 17.5 Å². The third kappa shape index (κ3) is 2.68.